The predicted molar refractivity (Wildman–Crippen MR) is 33.7 cm³/mol. The Morgan fingerprint density at radius 1 is 1.22 bits per heavy atom. The van der Waals surface area contributed by atoms with Crippen LogP contribution in [0.1, 0.15) is 0 Å². The Kier molecular flexibility index (Phi) is 19.2. The molecule has 0 rings (SSSR count). The maximum absolute atomic E-state index is 8.25. The third kappa shape index (κ3) is 34400. The molecule has 0 aliphatic heterocycles. The van der Waals surface area contributed by atoms with Crippen LogP contribution in [0.3, 0.4) is 0 Å². The van der Waals surface area contributed by atoms with Crippen LogP contribution in [-0.4, -0.2) is 13.9 Å². The molecule has 0 aromatic carbocycles. The summed E-state index contributed by atoms with van der Waals surface area (Å²) in [6.07, 6.45) is 0. The smallest absolute Gasteiger partial charge is 0.0689 e. The van der Waals surface area contributed by atoms with Gasteiger partial charge in [-0.15, -0.1) is 0 Å². The van der Waals surface area contributed by atoms with Crippen molar-refractivity contribution >= 4 is 8.80 Å². The van der Waals surface area contributed by atoms with Crippen LogP contribution in [0.15, 0.2) is 0 Å². The van der Waals surface area contributed by atoms with Crippen molar-refractivity contribution in [3.8, 4) is 0 Å². The van der Waals surface area contributed by atoms with Crippen molar-refractivity contribution in [2.45, 2.75) is 19.6 Å². The molecule has 1 radical (unpaired) electrons. The van der Waals surface area contributed by atoms with Crippen LogP contribution in [0, 0.1) is 15.3 Å². The molecule has 0 aromatic heterocycles. The number of rotatable bonds is 0. The molecule has 59 valence electrons. The van der Waals surface area contributed by atoms with E-state index in [9.17, 15) is 0 Å². The second-order valence-corrected chi connectivity index (χ2v) is 4.72. The van der Waals surface area contributed by atoms with Crippen molar-refractivity contribution in [3.63, 3.8) is 0 Å². The van der Waals surface area contributed by atoms with Crippen LogP contribution in [0.5, 0.6) is 0 Å². The maximum atomic E-state index is 8.25. The molecule has 0 spiro atoms. The van der Waals surface area contributed by atoms with E-state index in [1.54, 1.807) is 0 Å². The molecule has 4 nitrogen and oxygen atoms in total. The molecule has 0 aliphatic rings. The van der Waals surface area contributed by atoms with Gasteiger partial charge in [-0.05, 0) is 0 Å². The quantitative estimate of drug-likeness (QED) is 0.329. The van der Waals surface area contributed by atoms with E-state index in [-0.39, 0.29) is 25.3 Å². The minimum atomic E-state index is -1.75. The van der Waals surface area contributed by atoms with Gasteiger partial charge in [0, 0.05) is 25.3 Å². The first-order valence-corrected chi connectivity index (χ1v) is 5.05. The van der Waals surface area contributed by atoms with Crippen molar-refractivity contribution < 1.29 is 21.6 Å². The summed E-state index contributed by atoms with van der Waals surface area (Å²) in [4.78, 5) is 8.25. The maximum Gasteiger partial charge on any atom is 0.0689 e. The van der Waals surface area contributed by atoms with Gasteiger partial charge in [-0.3, -0.25) is 0 Å². The van der Waals surface area contributed by atoms with Gasteiger partial charge in [0.1, 0.15) is 0 Å². The molecule has 0 heterocycles. The van der Waals surface area contributed by atoms with Crippen LogP contribution in [0.25, 0.3) is 0 Å². The average Bonchev–Trinajstić information content (AvgIpc) is 1.25. The SMILES string of the molecule is C[Si](C)C.O=[N+]([O-])[O-].[Ni]. The molecule has 0 saturated heterocycles. The fraction of sp³-hybridized carbons (Fsp3) is 1.00. The molecular formula is C3H9NNiO3Si-. The van der Waals surface area contributed by atoms with E-state index < -0.39 is 5.09 Å². The average molecular weight is 194 g/mol. The zero-order valence-corrected chi connectivity index (χ0v) is 7.48. The number of nitrogens with zero attached hydrogens (tertiary/aromatic N) is 1. The molecular weight excluding hydrogens is 185 g/mol. The van der Waals surface area contributed by atoms with Gasteiger partial charge in [0.2, 0.25) is 0 Å². The largest absolute Gasteiger partial charge is 0.356 e. The molecule has 9 heavy (non-hydrogen) atoms. The molecule has 0 aliphatic carbocycles. The molecule has 0 fully saturated rings. The first-order chi connectivity index (χ1) is 3.46. The molecule has 0 unspecified atom stereocenters. The third-order valence-electron chi connectivity index (χ3n) is 0. The van der Waals surface area contributed by atoms with Gasteiger partial charge in [0.15, 0.2) is 0 Å². The van der Waals surface area contributed by atoms with E-state index in [1.165, 1.54) is 0 Å². The van der Waals surface area contributed by atoms with E-state index in [0.717, 1.165) is 0 Å². The molecule has 0 aromatic rings. The van der Waals surface area contributed by atoms with E-state index in [4.69, 9.17) is 15.3 Å². The van der Waals surface area contributed by atoms with Gasteiger partial charge in [-0.2, -0.15) is 0 Å². The molecule has 6 heteroatoms. The summed E-state index contributed by atoms with van der Waals surface area (Å²) in [5.74, 6) is 0. The first-order valence-electron chi connectivity index (χ1n) is 2.05. The van der Waals surface area contributed by atoms with Crippen LogP contribution < -0.4 is 0 Å². The summed E-state index contributed by atoms with van der Waals surface area (Å²) in [5.41, 5.74) is 0. The minimum Gasteiger partial charge on any atom is -0.356 e. The Balaban J connectivity index is -0.0000000720. The molecule has 0 saturated carbocycles. The van der Waals surface area contributed by atoms with Crippen LogP contribution in [-0.2, 0) is 16.5 Å². The van der Waals surface area contributed by atoms with Gasteiger partial charge in [0.25, 0.3) is 0 Å². The van der Waals surface area contributed by atoms with Crippen molar-refractivity contribution in [3.05, 3.63) is 15.3 Å². The van der Waals surface area contributed by atoms with Gasteiger partial charge < -0.3 is 15.3 Å². The Morgan fingerprint density at radius 3 is 1.22 bits per heavy atom. The molecule has 0 N–H and O–H groups in total. The number of hydrogen-bond donors (Lipinski definition) is 0. The standard InChI is InChI=1S/C3H9Si.NO3.Ni/c1-4(2)3;2-1(3)4;/h1-3H3;;/q;-1;. The van der Waals surface area contributed by atoms with E-state index >= 15 is 0 Å². The van der Waals surface area contributed by atoms with Gasteiger partial charge in [0.05, 0.1) is 5.09 Å². The van der Waals surface area contributed by atoms with Crippen LogP contribution in [0.2, 0.25) is 19.6 Å². The molecule has 0 amide bonds. The fourth-order valence-corrected chi connectivity index (χ4v) is 0. The van der Waals surface area contributed by atoms with Gasteiger partial charge >= 0.3 is 0 Å². The topological polar surface area (TPSA) is 66.2 Å². The van der Waals surface area contributed by atoms with Crippen molar-refractivity contribution in [1.82, 2.24) is 0 Å². The monoisotopic (exact) mass is 193 g/mol. The zero-order valence-electron chi connectivity index (χ0n) is 5.49. The van der Waals surface area contributed by atoms with Crippen molar-refractivity contribution in [2.24, 2.45) is 0 Å². The Labute approximate surface area is 65.9 Å². The Morgan fingerprint density at radius 2 is 1.22 bits per heavy atom. The Hall–Kier alpha value is -0.0896. The summed E-state index contributed by atoms with van der Waals surface area (Å²) in [5, 5.41) is 14.8. The van der Waals surface area contributed by atoms with Crippen molar-refractivity contribution in [2.75, 3.05) is 0 Å². The van der Waals surface area contributed by atoms with Gasteiger partial charge in [-0.25, -0.2) is 0 Å². The summed E-state index contributed by atoms with van der Waals surface area (Å²) < 4.78 is 0. The van der Waals surface area contributed by atoms with Gasteiger partial charge in [-0.1, -0.05) is 19.6 Å². The summed E-state index contributed by atoms with van der Waals surface area (Å²) in [6.45, 7) is 6.81. The Bertz CT molecular complexity index is 63.3. The predicted octanol–water partition coefficient (Wildman–Crippen LogP) is 1.13. The zero-order chi connectivity index (χ0) is 7.15. The van der Waals surface area contributed by atoms with E-state index in [0.29, 0.717) is 0 Å². The normalized spacial score (nSPS) is 6.67. The summed E-state index contributed by atoms with van der Waals surface area (Å²) in [7, 11) is 0.120. The third-order valence-corrected chi connectivity index (χ3v) is 0. The number of hydrogen-bond acceptors (Lipinski definition) is 3. The van der Waals surface area contributed by atoms with Crippen molar-refractivity contribution in [1.29, 1.82) is 0 Å². The van der Waals surface area contributed by atoms with Crippen LogP contribution >= 0.6 is 0 Å². The van der Waals surface area contributed by atoms with E-state index in [1.807, 2.05) is 0 Å². The van der Waals surface area contributed by atoms with E-state index in [2.05, 4.69) is 19.6 Å². The first kappa shape index (κ1) is 16.0. The summed E-state index contributed by atoms with van der Waals surface area (Å²) >= 11 is 0. The van der Waals surface area contributed by atoms with Crippen LogP contribution in [0.4, 0.5) is 0 Å². The minimum absolute atomic E-state index is 0. The molecule has 0 bridgehead atoms. The molecule has 0 atom stereocenters. The second-order valence-electron chi connectivity index (χ2n) is 1.72. The second kappa shape index (κ2) is 10.8. The summed E-state index contributed by atoms with van der Waals surface area (Å²) in [6, 6.07) is 0. The fourth-order valence-electron chi connectivity index (χ4n) is 0.